The van der Waals surface area contributed by atoms with Crippen LogP contribution >= 0.6 is 46.4 Å². The number of hydrogen-bond donors (Lipinski definition) is 6. The van der Waals surface area contributed by atoms with Crippen molar-refractivity contribution in [2.45, 2.75) is 81.2 Å². The fourth-order valence-electron chi connectivity index (χ4n) is 9.97. The van der Waals surface area contributed by atoms with Gasteiger partial charge in [0.05, 0.1) is 47.0 Å². The Labute approximate surface area is 507 Å². The van der Waals surface area contributed by atoms with Gasteiger partial charge in [-0.25, -0.2) is 55.0 Å². The number of carbonyl (C=O) groups excluding carboxylic acids is 2. The Kier molecular flexibility index (Phi) is 19.2. The highest BCUT2D eigenvalue weighted by molar-refractivity contribution is 6.35. The van der Waals surface area contributed by atoms with Crippen molar-refractivity contribution in [3.8, 4) is 33.9 Å². The van der Waals surface area contributed by atoms with Crippen molar-refractivity contribution in [2.75, 3.05) is 39.5 Å². The van der Waals surface area contributed by atoms with Crippen molar-refractivity contribution >= 4 is 58.2 Å². The molecule has 2 amide bonds. The van der Waals surface area contributed by atoms with Crippen LogP contribution in [0.15, 0.2) is 73.1 Å². The summed E-state index contributed by atoms with van der Waals surface area (Å²) in [5.41, 5.74) is -0.329. The predicted octanol–water partition coefficient (Wildman–Crippen LogP) is 5.59. The van der Waals surface area contributed by atoms with E-state index in [9.17, 15) is 56.4 Å². The first kappa shape index (κ1) is 62.8. The molecule has 2 saturated heterocycles. The number of ether oxygens (including phenoxy) is 4. The van der Waals surface area contributed by atoms with Crippen LogP contribution in [0.4, 0.5) is 26.3 Å². The van der Waals surface area contributed by atoms with E-state index in [1.807, 2.05) is 0 Å². The number of aliphatic hydroxyl groups excluding tert-OH is 4. The van der Waals surface area contributed by atoms with E-state index in [-0.39, 0.29) is 96.8 Å². The number of rotatable bonds is 20. The van der Waals surface area contributed by atoms with Crippen LogP contribution in [0.5, 0.6) is 0 Å². The average Bonchev–Trinajstić information content (AvgIpc) is 1.86. The predicted molar refractivity (Wildman–Crippen MR) is 292 cm³/mol. The average molecular weight is 1300 g/mol. The van der Waals surface area contributed by atoms with Gasteiger partial charge in [0.25, 0.3) is 0 Å². The highest BCUT2D eigenvalue weighted by atomic mass is 35.5. The fraction of sp³-hybridized carbons (Fsp3) is 0.358. The zero-order valence-corrected chi connectivity index (χ0v) is 48.1. The van der Waals surface area contributed by atoms with E-state index in [1.54, 1.807) is 13.8 Å². The summed E-state index contributed by atoms with van der Waals surface area (Å²) in [4.78, 5) is 36.4. The number of carbonyl (C=O) groups is 2. The summed E-state index contributed by atoms with van der Waals surface area (Å²) >= 11 is 25.9. The van der Waals surface area contributed by atoms with Crippen molar-refractivity contribution in [1.82, 2.24) is 70.2 Å². The largest absolute Gasteiger partial charge is 0.394 e. The molecule has 6 N–H and O–H groups in total. The van der Waals surface area contributed by atoms with E-state index in [0.717, 1.165) is 9.36 Å². The maximum atomic E-state index is 14.4. The van der Waals surface area contributed by atoms with Gasteiger partial charge in [-0.2, -0.15) is 10.2 Å². The molecule has 10 atom stereocenters. The van der Waals surface area contributed by atoms with Gasteiger partial charge in [-0.05, 0) is 80.9 Å². The first-order valence-corrected chi connectivity index (χ1v) is 27.7. The molecule has 34 heteroatoms. The molecule has 8 aromatic rings. The second kappa shape index (κ2) is 26.6. The minimum absolute atomic E-state index is 0.00129. The molecule has 2 aliphatic heterocycles. The molecule has 87 heavy (non-hydrogen) atoms. The number of hydrogen-bond acceptors (Lipinski definition) is 18. The van der Waals surface area contributed by atoms with Gasteiger partial charge >= 0.3 is 0 Å². The Morgan fingerprint density at radius 3 is 1.34 bits per heavy atom. The summed E-state index contributed by atoms with van der Waals surface area (Å²) in [5, 5.41) is 75.9. The lowest BCUT2D eigenvalue weighted by Gasteiger charge is -2.43. The molecule has 0 radical (unpaired) electrons. The van der Waals surface area contributed by atoms with Crippen molar-refractivity contribution in [3.63, 3.8) is 0 Å². The molecule has 4 aromatic heterocycles. The number of nitrogens with one attached hydrogen (secondary N) is 2. The van der Waals surface area contributed by atoms with Crippen LogP contribution in [0.25, 0.3) is 33.9 Å². The zero-order valence-electron chi connectivity index (χ0n) is 45.0. The van der Waals surface area contributed by atoms with Gasteiger partial charge in [-0.3, -0.25) is 9.59 Å². The molecule has 460 valence electrons. The minimum atomic E-state index is -1.72. The first-order valence-electron chi connectivity index (χ1n) is 26.2. The van der Waals surface area contributed by atoms with Gasteiger partial charge in [0.1, 0.15) is 97.2 Å². The fourth-order valence-corrected chi connectivity index (χ4v) is 10.7. The van der Waals surface area contributed by atoms with E-state index in [0.29, 0.717) is 24.3 Å². The van der Waals surface area contributed by atoms with Crippen molar-refractivity contribution < 1.29 is 75.3 Å². The Morgan fingerprint density at radius 2 is 0.977 bits per heavy atom. The minimum Gasteiger partial charge on any atom is -0.394 e. The van der Waals surface area contributed by atoms with Crippen molar-refractivity contribution in [1.29, 1.82) is 0 Å². The van der Waals surface area contributed by atoms with Crippen LogP contribution < -0.4 is 10.6 Å². The Bertz CT molecular complexity index is 3560. The summed E-state index contributed by atoms with van der Waals surface area (Å²) in [6.07, 6.45) is -9.46. The molecule has 4 aromatic carbocycles. The molecule has 10 unspecified atom stereocenters. The van der Waals surface area contributed by atoms with Crippen LogP contribution in [-0.2, 0) is 28.5 Å². The second-order valence-electron chi connectivity index (χ2n) is 19.8. The number of nitrogens with zero attached hydrogens (tertiary/aromatic N) is 12. The summed E-state index contributed by atoms with van der Waals surface area (Å²) in [6.45, 7) is -0.0779. The van der Waals surface area contributed by atoms with Gasteiger partial charge < -0.3 is 50.0 Å². The third kappa shape index (κ3) is 13.3. The zero-order chi connectivity index (χ0) is 62.1. The number of aromatic nitrogens is 12. The topological polar surface area (TPSA) is 299 Å². The van der Waals surface area contributed by atoms with Gasteiger partial charge in [0.15, 0.2) is 46.6 Å². The molecule has 2 fully saturated rings. The lowest BCUT2D eigenvalue weighted by Crippen LogP contribution is -2.54. The Morgan fingerprint density at radius 1 is 0.598 bits per heavy atom. The lowest BCUT2D eigenvalue weighted by atomic mass is 9.91. The van der Waals surface area contributed by atoms with Crippen LogP contribution in [-0.4, -0.2) is 168 Å². The molecular weight excluding hydrogens is 1250 g/mol. The number of halogens is 10. The smallest absolute Gasteiger partial charge is 0.246 e. The molecule has 0 saturated carbocycles. The maximum absolute atomic E-state index is 14.4. The number of aliphatic hydroxyl groups is 4. The summed E-state index contributed by atoms with van der Waals surface area (Å²) < 4.78 is 115. The molecule has 24 nitrogen and oxygen atoms in total. The van der Waals surface area contributed by atoms with Crippen LogP contribution in [0, 0.1) is 48.8 Å². The Hall–Kier alpha value is -7.20. The number of benzene rings is 4. The summed E-state index contributed by atoms with van der Waals surface area (Å²) in [6, 6.07) is 8.97. The van der Waals surface area contributed by atoms with E-state index >= 15 is 0 Å². The van der Waals surface area contributed by atoms with Crippen molar-refractivity contribution in [3.05, 3.63) is 151 Å². The van der Waals surface area contributed by atoms with E-state index < -0.39 is 134 Å². The highest BCUT2D eigenvalue weighted by Gasteiger charge is 2.52. The monoisotopic (exact) mass is 1290 g/mol. The van der Waals surface area contributed by atoms with Gasteiger partial charge in [-0.15, -0.1) is 10.2 Å². The third-order valence-electron chi connectivity index (χ3n) is 14.0. The van der Waals surface area contributed by atoms with Crippen LogP contribution in [0.1, 0.15) is 54.0 Å². The van der Waals surface area contributed by atoms with Crippen LogP contribution in [0.2, 0.25) is 20.1 Å². The number of aryl methyl sites for hydroxylation is 2. The molecule has 0 bridgehead atoms. The first-order chi connectivity index (χ1) is 41.6. The van der Waals surface area contributed by atoms with E-state index in [1.165, 1.54) is 58.2 Å². The Balaban J connectivity index is 0.849. The number of amides is 2. The van der Waals surface area contributed by atoms with Gasteiger partial charge in [0, 0.05) is 34.3 Å². The SMILES string of the molecule is Cc1nc(C2OC(CO)C(O)C(n3cc(-c4cc(F)c(F)c(F)c4)nn3)C2OCC(=O)NCCCNC(=O)COC2C(c3nc(C)nn3-c3cc(Cl)ccc3Cl)OC(CO)C(O)C2n2cc(-c3cc(F)c(F)c(F)c3)nn2)n(-c2cc(Cl)ccc2Cl)n1. The molecule has 0 aliphatic carbocycles. The summed E-state index contributed by atoms with van der Waals surface area (Å²) in [5.74, 6) is -10.6. The molecule has 6 heterocycles. The van der Waals surface area contributed by atoms with Gasteiger partial charge in [-0.1, -0.05) is 56.8 Å². The van der Waals surface area contributed by atoms with Gasteiger partial charge in [0.2, 0.25) is 11.8 Å². The second-order valence-corrected chi connectivity index (χ2v) is 21.5. The maximum Gasteiger partial charge on any atom is 0.246 e. The lowest BCUT2D eigenvalue weighted by molar-refractivity contribution is -0.223. The van der Waals surface area contributed by atoms with E-state index in [4.69, 9.17) is 65.4 Å². The van der Waals surface area contributed by atoms with Crippen molar-refractivity contribution in [2.24, 2.45) is 0 Å². The quantitative estimate of drug-likeness (QED) is 0.0308. The third-order valence-corrected chi connectivity index (χ3v) is 15.1. The molecule has 10 rings (SSSR count). The standard InChI is InChI=1S/C53H48Cl4F6N14O10/c1-22-66-52(76(70-22)36-14-26(54)4-6-28(36)56)50-48(44(46(82)38(18-78)86-50)74-16-34(68-72-74)24-10-30(58)42(62)31(59)11-24)84-20-40(80)64-8-3-9-65-41(81)21-85-49-45(75-17-35(69-73-75)25-12-32(60)43(63)33(61)13-25)47(83)39(19-79)87-51(49)53-67-23(2)71-77(53)37-15-27(55)5-7-29(37)57/h4-7,10-17,38-39,44-51,78-79,82-83H,3,8-9,18-21H2,1-2H3,(H,64,80)(H,65,81). The normalized spacial score (nSPS) is 22.2. The van der Waals surface area contributed by atoms with E-state index in [2.05, 4.69) is 51.4 Å². The molecule has 0 spiro atoms. The highest BCUT2D eigenvalue weighted by Crippen LogP contribution is 2.43. The summed E-state index contributed by atoms with van der Waals surface area (Å²) in [7, 11) is 0. The molecule has 2 aliphatic rings. The molecular formula is C53H48Cl4F6N14O10. The van der Waals surface area contributed by atoms with Crippen LogP contribution in [0.3, 0.4) is 0 Å².